The van der Waals surface area contributed by atoms with Crippen LogP contribution in [-0.2, 0) is 0 Å². The zero-order valence-corrected chi connectivity index (χ0v) is 13.8. The predicted molar refractivity (Wildman–Crippen MR) is 89.9 cm³/mol. The summed E-state index contributed by atoms with van der Waals surface area (Å²) in [6.07, 6.45) is 0. The van der Waals surface area contributed by atoms with Crippen LogP contribution in [0.2, 0.25) is 5.02 Å². The van der Waals surface area contributed by atoms with Gasteiger partial charge >= 0.3 is 0 Å². The molecule has 2 rings (SSSR count). The molecule has 0 bridgehead atoms. The van der Waals surface area contributed by atoms with Crippen LogP contribution in [0.4, 0.5) is 5.69 Å². The van der Waals surface area contributed by atoms with E-state index < -0.39 is 10.8 Å². The van der Waals surface area contributed by atoms with E-state index in [4.69, 9.17) is 11.6 Å². The predicted octanol–water partition coefficient (Wildman–Crippen LogP) is 4.36. The Hall–Kier alpha value is -2.40. The molecule has 2 aromatic rings. The van der Waals surface area contributed by atoms with Crippen LogP contribution in [0.25, 0.3) is 0 Å². The largest absolute Gasteiger partial charge is 0.345 e. The topological polar surface area (TPSA) is 72.2 Å². The first-order valence-corrected chi connectivity index (χ1v) is 7.49. The molecular weight excluding hydrogens is 316 g/mol. The van der Waals surface area contributed by atoms with E-state index in [0.717, 1.165) is 16.7 Å². The first kappa shape index (κ1) is 17.0. The van der Waals surface area contributed by atoms with Crippen LogP contribution in [0.1, 0.15) is 40.0 Å². The summed E-state index contributed by atoms with van der Waals surface area (Å²) in [6, 6.07) is 9.72. The minimum absolute atomic E-state index is 0.00319. The number of hydrogen-bond acceptors (Lipinski definition) is 3. The summed E-state index contributed by atoms with van der Waals surface area (Å²) in [5, 5.41) is 14.1. The lowest BCUT2D eigenvalue weighted by molar-refractivity contribution is -0.385. The van der Waals surface area contributed by atoms with Gasteiger partial charge in [-0.05, 0) is 44.0 Å². The van der Waals surface area contributed by atoms with Crippen LogP contribution in [0.3, 0.4) is 0 Å². The third kappa shape index (κ3) is 3.87. The van der Waals surface area contributed by atoms with Crippen molar-refractivity contribution in [1.29, 1.82) is 0 Å². The van der Waals surface area contributed by atoms with Crippen molar-refractivity contribution in [3.63, 3.8) is 0 Å². The molecule has 0 saturated carbocycles. The number of nitrogens with zero attached hydrogens (tertiary/aromatic N) is 1. The zero-order valence-electron chi connectivity index (χ0n) is 13.1. The Labute approximate surface area is 139 Å². The molecule has 0 fully saturated rings. The van der Waals surface area contributed by atoms with Gasteiger partial charge in [-0.2, -0.15) is 0 Å². The summed E-state index contributed by atoms with van der Waals surface area (Å²) in [4.78, 5) is 22.9. The normalized spacial score (nSPS) is 11.8. The van der Waals surface area contributed by atoms with Crippen LogP contribution in [0, 0.1) is 24.0 Å². The first-order chi connectivity index (χ1) is 10.8. The molecule has 1 amide bonds. The van der Waals surface area contributed by atoms with Crippen molar-refractivity contribution in [2.75, 3.05) is 0 Å². The van der Waals surface area contributed by atoms with Crippen LogP contribution in [0.15, 0.2) is 36.4 Å². The molecule has 1 unspecified atom stereocenters. The minimum atomic E-state index is -0.608. The molecule has 0 radical (unpaired) electrons. The Morgan fingerprint density at radius 3 is 2.57 bits per heavy atom. The number of nitro groups is 1. The second-order valence-electron chi connectivity index (χ2n) is 5.47. The number of rotatable bonds is 4. The third-order valence-electron chi connectivity index (χ3n) is 3.65. The van der Waals surface area contributed by atoms with Gasteiger partial charge in [-0.3, -0.25) is 14.9 Å². The average Bonchev–Trinajstić information content (AvgIpc) is 2.49. The van der Waals surface area contributed by atoms with Crippen molar-refractivity contribution < 1.29 is 9.72 Å². The molecule has 0 spiro atoms. The monoisotopic (exact) mass is 332 g/mol. The van der Waals surface area contributed by atoms with Crippen LogP contribution in [0.5, 0.6) is 0 Å². The van der Waals surface area contributed by atoms with Gasteiger partial charge in [-0.15, -0.1) is 0 Å². The SMILES string of the molecule is Cc1ccc(C)c(C(C)NC(=O)c2ccc(Cl)cc2[N+](=O)[O-])c1. The Bertz CT molecular complexity index is 774. The third-order valence-corrected chi connectivity index (χ3v) is 3.89. The van der Waals surface area contributed by atoms with E-state index in [1.807, 2.05) is 39.0 Å². The van der Waals surface area contributed by atoms with Crippen molar-refractivity contribution >= 4 is 23.2 Å². The van der Waals surface area contributed by atoms with Crippen molar-refractivity contribution in [3.8, 4) is 0 Å². The first-order valence-electron chi connectivity index (χ1n) is 7.11. The molecule has 5 nitrogen and oxygen atoms in total. The number of halogens is 1. The van der Waals surface area contributed by atoms with Gasteiger partial charge in [-0.1, -0.05) is 35.4 Å². The van der Waals surface area contributed by atoms with Gasteiger partial charge in [0.2, 0.25) is 0 Å². The molecule has 6 heteroatoms. The fraction of sp³-hybridized carbons (Fsp3) is 0.235. The van der Waals surface area contributed by atoms with E-state index in [2.05, 4.69) is 5.32 Å². The van der Waals surface area contributed by atoms with E-state index >= 15 is 0 Å². The van der Waals surface area contributed by atoms with Gasteiger partial charge in [0.25, 0.3) is 11.6 Å². The van der Waals surface area contributed by atoms with Gasteiger partial charge < -0.3 is 5.32 Å². The van der Waals surface area contributed by atoms with Gasteiger partial charge in [0.1, 0.15) is 5.56 Å². The lowest BCUT2D eigenvalue weighted by Gasteiger charge is -2.17. The number of amides is 1. The van der Waals surface area contributed by atoms with E-state index in [-0.39, 0.29) is 22.3 Å². The number of hydrogen-bond donors (Lipinski definition) is 1. The summed E-state index contributed by atoms with van der Waals surface area (Å²) < 4.78 is 0. The van der Waals surface area contributed by atoms with Gasteiger partial charge in [0.15, 0.2) is 0 Å². The smallest absolute Gasteiger partial charge is 0.283 e. The lowest BCUT2D eigenvalue weighted by atomic mass is 9.99. The number of carbonyl (C=O) groups is 1. The molecule has 0 heterocycles. The van der Waals surface area contributed by atoms with Crippen LogP contribution < -0.4 is 5.32 Å². The Kier molecular flexibility index (Phi) is 5.01. The molecule has 1 N–H and O–H groups in total. The van der Waals surface area contributed by atoms with Crippen molar-refractivity contribution in [3.05, 3.63) is 73.8 Å². The number of aryl methyl sites for hydroxylation is 2. The molecule has 1 atom stereocenters. The number of benzene rings is 2. The molecule has 120 valence electrons. The standard InChI is InChI=1S/C17H17ClN2O3/c1-10-4-5-11(2)15(8-10)12(3)19-17(21)14-7-6-13(18)9-16(14)20(22)23/h4-9,12H,1-3H3,(H,19,21). The maximum Gasteiger partial charge on any atom is 0.283 e. The van der Waals surface area contributed by atoms with Crippen LogP contribution in [-0.4, -0.2) is 10.8 Å². The molecule has 2 aromatic carbocycles. The van der Waals surface area contributed by atoms with E-state index in [9.17, 15) is 14.9 Å². The molecule has 0 aliphatic carbocycles. The van der Waals surface area contributed by atoms with E-state index in [1.54, 1.807) is 0 Å². The fourth-order valence-electron chi connectivity index (χ4n) is 2.43. The number of nitro benzene ring substituents is 1. The van der Waals surface area contributed by atoms with Gasteiger partial charge in [0.05, 0.1) is 11.0 Å². The Morgan fingerprint density at radius 1 is 1.22 bits per heavy atom. The quantitative estimate of drug-likeness (QED) is 0.668. The number of nitrogens with one attached hydrogen (secondary N) is 1. The summed E-state index contributed by atoms with van der Waals surface area (Å²) in [5.41, 5.74) is 2.81. The van der Waals surface area contributed by atoms with Gasteiger partial charge in [-0.25, -0.2) is 0 Å². The van der Waals surface area contributed by atoms with Gasteiger partial charge in [0, 0.05) is 11.1 Å². The van der Waals surface area contributed by atoms with E-state index in [1.165, 1.54) is 18.2 Å². The second-order valence-corrected chi connectivity index (χ2v) is 5.91. The Balaban J connectivity index is 2.29. The van der Waals surface area contributed by atoms with Crippen LogP contribution >= 0.6 is 11.6 Å². The highest BCUT2D eigenvalue weighted by Gasteiger charge is 2.22. The number of carbonyl (C=O) groups excluding carboxylic acids is 1. The molecular formula is C17H17ClN2O3. The second kappa shape index (κ2) is 6.79. The molecule has 0 aromatic heterocycles. The molecule has 0 saturated heterocycles. The van der Waals surface area contributed by atoms with Crippen molar-refractivity contribution in [2.45, 2.75) is 26.8 Å². The highest BCUT2D eigenvalue weighted by atomic mass is 35.5. The Morgan fingerprint density at radius 2 is 1.91 bits per heavy atom. The summed E-state index contributed by atoms with van der Waals surface area (Å²) in [6.45, 7) is 5.78. The summed E-state index contributed by atoms with van der Waals surface area (Å²) >= 11 is 5.77. The zero-order chi connectivity index (χ0) is 17.1. The maximum atomic E-state index is 12.4. The van der Waals surface area contributed by atoms with Crippen molar-refractivity contribution in [1.82, 2.24) is 5.32 Å². The van der Waals surface area contributed by atoms with E-state index in [0.29, 0.717) is 0 Å². The lowest BCUT2D eigenvalue weighted by Crippen LogP contribution is -2.27. The molecule has 23 heavy (non-hydrogen) atoms. The minimum Gasteiger partial charge on any atom is -0.345 e. The maximum absolute atomic E-state index is 12.4. The summed E-state index contributed by atoms with van der Waals surface area (Å²) in [5.74, 6) is -0.498. The average molecular weight is 333 g/mol. The highest BCUT2D eigenvalue weighted by molar-refractivity contribution is 6.31. The fourth-order valence-corrected chi connectivity index (χ4v) is 2.59. The highest BCUT2D eigenvalue weighted by Crippen LogP contribution is 2.25. The molecule has 0 aliphatic rings. The molecule has 0 aliphatic heterocycles. The summed E-state index contributed by atoms with van der Waals surface area (Å²) in [7, 11) is 0. The van der Waals surface area contributed by atoms with Crippen molar-refractivity contribution in [2.24, 2.45) is 0 Å².